The molecule has 21 heavy (non-hydrogen) atoms. The Balaban J connectivity index is 1.97. The van der Waals surface area contributed by atoms with Crippen molar-refractivity contribution in [3.8, 4) is 0 Å². The van der Waals surface area contributed by atoms with E-state index in [2.05, 4.69) is 73.8 Å². The highest BCUT2D eigenvalue weighted by Gasteiger charge is 2.07. The van der Waals surface area contributed by atoms with Crippen molar-refractivity contribution < 1.29 is 0 Å². The van der Waals surface area contributed by atoms with Gasteiger partial charge in [-0.1, -0.05) is 62.4 Å². The van der Waals surface area contributed by atoms with Gasteiger partial charge in [-0.2, -0.15) is 0 Å². The predicted molar refractivity (Wildman–Crippen MR) is 91.6 cm³/mol. The normalized spacial score (nSPS) is 12.4. The second kappa shape index (κ2) is 7.84. The van der Waals surface area contributed by atoms with Gasteiger partial charge in [0, 0.05) is 18.3 Å². The van der Waals surface area contributed by atoms with Crippen LogP contribution in [0.2, 0.25) is 0 Å². The van der Waals surface area contributed by atoms with E-state index in [1.165, 1.54) is 16.8 Å². The van der Waals surface area contributed by atoms with Crippen molar-refractivity contribution in [2.45, 2.75) is 32.7 Å². The van der Waals surface area contributed by atoms with E-state index < -0.39 is 0 Å². The first-order valence-corrected chi connectivity index (χ1v) is 7.78. The first-order valence-electron chi connectivity index (χ1n) is 7.78. The molecular formula is C19H26N2. The predicted octanol–water partition coefficient (Wildman–Crippen LogP) is 4.06. The first kappa shape index (κ1) is 15.6. The van der Waals surface area contributed by atoms with E-state index in [1.54, 1.807) is 0 Å². The molecule has 0 saturated heterocycles. The molecule has 0 aliphatic carbocycles. The molecule has 3 N–H and O–H groups in total. The fourth-order valence-electron chi connectivity index (χ4n) is 2.37. The molecule has 2 rings (SSSR count). The van der Waals surface area contributed by atoms with E-state index in [0.29, 0.717) is 5.92 Å². The monoisotopic (exact) mass is 282 g/mol. The van der Waals surface area contributed by atoms with Gasteiger partial charge in [0.1, 0.15) is 0 Å². The summed E-state index contributed by atoms with van der Waals surface area (Å²) in [5.74, 6) is 0.534. The van der Waals surface area contributed by atoms with E-state index in [9.17, 15) is 0 Å². The molecule has 0 aliphatic rings. The van der Waals surface area contributed by atoms with Crippen LogP contribution in [0.25, 0.3) is 0 Å². The maximum atomic E-state index is 6.10. The smallest absolute Gasteiger partial charge is 0.0376 e. The maximum Gasteiger partial charge on any atom is 0.0376 e. The van der Waals surface area contributed by atoms with Gasteiger partial charge in [0.05, 0.1) is 0 Å². The minimum absolute atomic E-state index is 0.263. The van der Waals surface area contributed by atoms with Gasteiger partial charge in [0.15, 0.2) is 0 Å². The van der Waals surface area contributed by atoms with Gasteiger partial charge in [-0.3, -0.25) is 0 Å². The van der Waals surface area contributed by atoms with Crippen molar-refractivity contribution >= 4 is 5.69 Å². The average Bonchev–Trinajstić information content (AvgIpc) is 2.50. The van der Waals surface area contributed by atoms with Crippen LogP contribution in [-0.4, -0.2) is 12.6 Å². The SMILES string of the molecule is CC(C)C(N)CCNc1ccccc1Cc1ccccc1. The third kappa shape index (κ3) is 4.91. The van der Waals surface area contributed by atoms with Crippen molar-refractivity contribution in [2.75, 3.05) is 11.9 Å². The number of anilines is 1. The fraction of sp³-hybridized carbons (Fsp3) is 0.368. The molecule has 0 radical (unpaired) electrons. The molecule has 0 fully saturated rings. The lowest BCUT2D eigenvalue weighted by Gasteiger charge is -2.17. The minimum atomic E-state index is 0.263. The standard InChI is InChI=1S/C19H26N2/c1-15(2)18(20)12-13-21-19-11-7-6-10-17(19)14-16-8-4-3-5-9-16/h3-11,15,18,21H,12-14,20H2,1-2H3. The van der Waals surface area contributed by atoms with E-state index >= 15 is 0 Å². The topological polar surface area (TPSA) is 38.0 Å². The zero-order valence-electron chi connectivity index (χ0n) is 13.0. The summed E-state index contributed by atoms with van der Waals surface area (Å²) in [6, 6.07) is 19.4. The summed E-state index contributed by atoms with van der Waals surface area (Å²) in [5.41, 5.74) is 10.00. The van der Waals surface area contributed by atoms with Crippen molar-refractivity contribution in [3.05, 3.63) is 65.7 Å². The number of para-hydroxylation sites is 1. The molecular weight excluding hydrogens is 256 g/mol. The molecule has 0 heterocycles. The van der Waals surface area contributed by atoms with Gasteiger partial charge in [-0.05, 0) is 36.0 Å². The second-order valence-electron chi connectivity index (χ2n) is 5.94. The molecule has 2 aromatic rings. The Morgan fingerprint density at radius 2 is 1.62 bits per heavy atom. The summed E-state index contributed by atoms with van der Waals surface area (Å²) in [6.07, 6.45) is 1.96. The van der Waals surface area contributed by atoms with Crippen molar-refractivity contribution in [2.24, 2.45) is 11.7 Å². The van der Waals surface area contributed by atoms with Gasteiger partial charge in [-0.25, -0.2) is 0 Å². The number of benzene rings is 2. The van der Waals surface area contributed by atoms with Crippen molar-refractivity contribution in [1.29, 1.82) is 0 Å². The van der Waals surface area contributed by atoms with Gasteiger partial charge < -0.3 is 11.1 Å². The van der Waals surface area contributed by atoms with E-state index in [0.717, 1.165) is 19.4 Å². The van der Waals surface area contributed by atoms with E-state index in [-0.39, 0.29) is 6.04 Å². The summed E-state index contributed by atoms with van der Waals surface area (Å²) in [5, 5.41) is 3.54. The third-order valence-corrected chi connectivity index (χ3v) is 3.90. The van der Waals surface area contributed by atoms with Crippen LogP contribution < -0.4 is 11.1 Å². The molecule has 0 bridgehead atoms. The van der Waals surface area contributed by atoms with Gasteiger partial charge in [0.25, 0.3) is 0 Å². The van der Waals surface area contributed by atoms with E-state index in [1.807, 2.05) is 0 Å². The molecule has 0 amide bonds. The van der Waals surface area contributed by atoms with Crippen molar-refractivity contribution in [3.63, 3.8) is 0 Å². The number of nitrogens with one attached hydrogen (secondary N) is 1. The Morgan fingerprint density at radius 3 is 2.33 bits per heavy atom. The summed E-state index contributed by atoms with van der Waals surface area (Å²) < 4.78 is 0. The molecule has 1 atom stereocenters. The zero-order valence-corrected chi connectivity index (χ0v) is 13.0. The highest BCUT2D eigenvalue weighted by molar-refractivity contribution is 5.52. The van der Waals surface area contributed by atoms with E-state index in [4.69, 9.17) is 5.73 Å². The largest absolute Gasteiger partial charge is 0.385 e. The molecule has 2 heteroatoms. The van der Waals surface area contributed by atoms with Gasteiger partial charge in [0.2, 0.25) is 0 Å². The minimum Gasteiger partial charge on any atom is -0.385 e. The molecule has 0 saturated carbocycles. The van der Waals surface area contributed by atoms with Crippen LogP contribution in [0.1, 0.15) is 31.4 Å². The highest BCUT2D eigenvalue weighted by atomic mass is 14.9. The number of rotatable bonds is 7. The fourth-order valence-corrected chi connectivity index (χ4v) is 2.37. The Bertz CT molecular complexity index is 534. The maximum absolute atomic E-state index is 6.10. The third-order valence-electron chi connectivity index (χ3n) is 3.90. The Morgan fingerprint density at radius 1 is 0.952 bits per heavy atom. The molecule has 2 aromatic carbocycles. The zero-order chi connectivity index (χ0) is 15.1. The van der Waals surface area contributed by atoms with Gasteiger partial charge in [-0.15, -0.1) is 0 Å². The highest BCUT2D eigenvalue weighted by Crippen LogP contribution is 2.19. The van der Waals surface area contributed by atoms with Crippen molar-refractivity contribution in [1.82, 2.24) is 0 Å². The lowest BCUT2D eigenvalue weighted by molar-refractivity contribution is 0.474. The molecule has 2 nitrogen and oxygen atoms in total. The van der Waals surface area contributed by atoms with Crippen LogP contribution in [0.4, 0.5) is 5.69 Å². The number of nitrogens with two attached hydrogens (primary N) is 1. The number of hydrogen-bond donors (Lipinski definition) is 2. The Labute approximate surface area is 128 Å². The Kier molecular flexibility index (Phi) is 5.82. The first-order chi connectivity index (χ1) is 10.2. The molecule has 112 valence electrons. The molecule has 1 unspecified atom stereocenters. The van der Waals surface area contributed by atoms with Crippen LogP contribution in [0.5, 0.6) is 0 Å². The van der Waals surface area contributed by atoms with Crippen LogP contribution in [-0.2, 0) is 6.42 Å². The van der Waals surface area contributed by atoms with Crippen LogP contribution in [0, 0.1) is 5.92 Å². The number of hydrogen-bond acceptors (Lipinski definition) is 2. The molecule has 0 aromatic heterocycles. The summed E-state index contributed by atoms with van der Waals surface area (Å²) >= 11 is 0. The summed E-state index contributed by atoms with van der Waals surface area (Å²) in [7, 11) is 0. The summed E-state index contributed by atoms with van der Waals surface area (Å²) in [4.78, 5) is 0. The molecule has 0 spiro atoms. The Hall–Kier alpha value is -1.80. The lowest BCUT2D eigenvalue weighted by Crippen LogP contribution is -2.28. The lowest BCUT2D eigenvalue weighted by atomic mass is 10.0. The average molecular weight is 282 g/mol. The van der Waals surface area contributed by atoms with Crippen LogP contribution in [0.3, 0.4) is 0 Å². The molecule has 0 aliphatic heterocycles. The summed E-state index contributed by atoms with van der Waals surface area (Å²) in [6.45, 7) is 5.27. The second-order valence-corrected chi connectivity index (χ2v) is 5.94. The van der Waals surface area contributed by atoms with Crippen LogP contribution >= 0.6 is 0 Å². The van der Waals surface area contributed by atoms with Crippen LogP contribution in [0.15, 0.2) is 54.6 Å². The quantitative estimate of drug-likeness (QED) is 0.803. The van der Waals surface area contributed by atoms with Gasteiger partial charge >= 0.3 is 0 Å².